The molecule has 0 saturated carbocycles. The van der Waals surface area contributed by atoms with E-state index in [1.807, 2.05) is 0 Å². The van der Waals surface area contributed by atoms with Gasteiger partial charge in [-0.05, 0) is 25.0 Å². The SMILES string of the molecule is NCC1CCC(C(=O)Nc2ccc(CC(=O)O)nc2)O1. The molecule has 2 unspecified atom stereocenters. The van der Waals surface area contributed by atoms with E-state index < -0.39 is 12.1 Å². The van der Waals surface area contributed by atoms with Crippen LogP contribution >= 0.6 is 0 Å². The van der Waals surface area contributed by atoms with Gasteiger partial charge < -0.3 is 20.9 Å². The van der Waals surface area contributed by atoms with Gasteiger partial charge in [-0.2, -0.15) is 0 Å². The summed E-state index contributed by atoms with van der Waals surface area (Å²) in [7, 11) is 0. The van der Waals surface area contributed by atoms with Crippen LogP contribution in [0.4, 0.5) is 5.69 Å². The summed E-state index contributed by atoms with van der Waals surface area (Å²) in [4.78, 5) is 26.4. The number of carbonyl (C=O) groups excluding carboxylic acids is 1. The van der Waals surface area contributed by atoms with E-state index in [0.717, 1.165) is 6.42 Å². The number of aliphatic carboxylic acids is 1. The highest BCUT2D eigenvalue weighted by Gasteiger charge is 2.29. The fourth-order valence-electron chi connectivity index (χ4n) is 2.05. The minimum atomic E-state index is -0.943. The van der Waals surface area contributed by atoms with Crippen molar-refractivity contribution in [3.05, 3.63) is 24.0 Å². The summed E-state index contributed by atoms with van der Waals surface area (Å²) in [6.45, 7) is 0.412. The first-order valence-electron chi connectivity index (χ1n) is 6.41. The Morgan fingerprint density at radius 1 is 1.45 bits per heavy atom. The number of amides is 1. The van der Waals surface area contributed by atoms with Gasteiger partial charge in [0.15, 0.2) is 0 Å². The van der Waals surface area contributed by atoms with Crippen LogP contribution in [-0.4, -0.2) is 40.7 Å². The first-order chi connectivity index (χ1) is 9.58. The van der Waals surface area contributed by atoms with Gasteiger partial charge in [0.1, 0.15) is 6.10 Å². The number of nitrogens with zero attached hydrogens (tertiary/aromatic N) is 1. The van der Waals surface area contributed by atoms with Crippen LogP contribution in [0.15, 0.2) is 18.3 Å². The molecule has 0 aliphatic carbocycles. The van der Waals surface area contributed by atoms with Crippen molar-refractivity contribution in [1.82, 2.24) is 4.98 Å². The molecule has 108 valence electrons. The van der Waals surface area contributed by atoms with E-state index in [4.69, 9.17) is 15.6 Å². The molecule has 1 amide bonds. The second kappa shape index (κ2) is 6.44. The highest BCUT2D eigenvalue weighted by Crippen LogP contribution is 2.20. The van der Waals surface area contributed by atoms with Crippen molar-refractivity contribution in [2.75, 3.05) is 11.9 Å². The number of anilines is 1. The second-order valence-corrected chi connectivity index (χ2v) is 4.66. The molecule has 20 heavy (non-hydrogen) atoms. The summed E-state index contributed by atoms with van der Waals surface area (Å²) in [5, 5.41) is 11.3. The van der Waals surface area contributed by atoms with Gasteiger partial charge in [0, 0.05) is 6.54 Å². The quantitative estimate of drug-likeness (QED) is 0.707. The lowest BCUT2D eigenvalue weighted by atomic mass is 10.2. The molecule has 1 aliphatic rings. The summed E-state index contributed by atoms with van der Waals surface area (Å²) >= 11 is 0. The third kappa shape index (κ3) is 3.75. The molecule has 1 aliphatic heterocycles. The standard InChI is InChI=1S/C13H17N3O4/c14-6-10-3-4-11(20-10)13(19)16-9-2-1-8(15-7-9)5-12(17)18/h1-2,7,10-11H,3-6,14H2,(H,16,19)(H,17,18). The number of nitrogens with two attached hydrogens (primary N) is 1. The number of pyridine rings is 1. The molecule has 2 atom stereocenters. The molecule has 1 aromatic rings. The van der Waals surface area contributed by atoms with E-state index in [0.29, 0.717) is 24.3 Å². The lowest BCUT2D eigenvalue weighted by Crippen LogP contribution is -2.29. The average Bonchev–Trinajstić information content (AvgIpc) is 2.89. The minimum absolute atomic E-state index is 0.0539. The molecule has 7 heteroatoms. The van der Waals surface area contributed by atoms with Crippen molar-refractivity contribution in [3.8, 4) is 0 Å². The molecule has 2 heterocycles. The van der Waals surface area contributed by atoms with Gasteiger partial charge in [0.25, 0.3) is 5.91 Å². The molecule has 0 bridgehead atoms. The maximum Gasteiger partial charge on any atom is 0.309 e. The number of carboxylic acid groups (broad SMARTS) is 1. The van der Waals surface area contributed by atoms with E-state index in [1.54, 1.807) is 12.1 Å². The maximum atomic E-state index is 11.9. The zero-order valence-corrected chi connectivity index (χ0v) is 10.9. The van der Waals surface area contributed by atoms with Crippen LogP contribution in [0, 0.1) is 0 Å². The van der Waals surface area contributed by atoms with Crippen LogP contribution in [0.3, 0.4) is 0 Å². The Morgan fingerprint density at radius 2 is 2.25 bits per heavy atom. The third-order valence-electron chi connectivity index (χ3n) is 3.09. The van der Waals surface area contributed by atoms with E-state index in [-0.39, 0.29) is 18.4 Å². The van der Waals surface area contributed by atoms with Crippen molar-refractivity contribution in [1.29, 1.82) is 0 Å². The Morgan fingerprint density at radius 3 is 2.80 bits per heavy atom. The van der Waals surface area contributed by atoms with E-state index in [9.17, 15) is 9.59 Å². The first-order valence-corrected chi connectivity index (χ1v) is 6.41. The Bertz CT molecular complexity index is 489. The number of rotatable bonds is 5. The fraction of sp³-hybridized carbons (Fsp3) is 0.462. The molecule has 4 N–H and O–H groups in total. The van der Waals surface area contributed by atoms with E-state index >= 15 is 0 Å². The second-order valence-electron chi connectivity index (χ2n) is 4.66. The first kappa shape index (κ1) is 14.4. The van der Waals surface area contributed by atoms with Gasteiger partial charge in [-0.15, -0.1) is 0 Å². The van der Waals surface area contributed by atoms with Crippen LogP contribution < -0.4 is 11.1 Å². The number of hydrogen-bond donors (Lipinski definition) is 3. The molecule has 1 fully saturated rings. The Hall–Kier alpha value is -1.99. The highest BCUT2D eigenvalue weighted by molar-refractivity contribution is 5.94. The normalized spacial score (nSPS) is 21.6. The average molecular weight is 279 g/mol. The van der Waals surface area contributed by atoms with Crippen molar-refractivity contribution < 1.29 is 19.4 Å². The van der Waals surface area contributed by atoms with Crippen molar-refractivity contribution in [2.45, 2.75) is 31.5 Å². The van der Waals surface area contributed by atoms with Gasteiger partial charge in [0.05, 0.1) is 30.1 Å². The minimum Gasteiger partial charge on any atom is -0.481 e. The van der Waals surface area contributed by atoms with Crippen LogP contribution in [-0.2, 0) is 20.7 Å². The molecule has 0 aromatic carbocycles. The molecule has 1 saturated heterocycles. The van der Waals surface area contributed by atoms with Gasteiger partial charge in [0.2, 0.25) is 0 Å². The Labute approximate surface area is 116 Å². The summed E-state index contributed by atoms with van der Waals surface area (Å²) < 4.78 is 5.49. The largest absolute Gasteiger partial charge is 0.481 e. The number of hydrogen-bond acceptors (Lipinski definition) is 5. The fourth-order valence-corrected chi connectivity index (χ4v) is 2.05. The predicted molar refractivity (Wildman–Crippen MR) is 71.2 cm³/mol. The van der Waals surface area contributed by atoms with Crippen LogP contribution in [0.25, 0.3) is 0 Å². The lowest BCUT2D eigenvalue weighted by molar-refractivity contribution is -0.136. The molecular formula is C13H17N3O4. The molecule has 0 radical (unpaired) electrons. The zero-order valence-electron chi connectivity index (χ0n) is 10.9. The Kier molecular flexibility index (Phi) is 4.65. The monoisotopic (exact) mass is 279 g/mol. The van der Waals surface area contributed by atoms with Crippen LogP contribution in [0.2, 0.25) is 0 Å². The third-order valence-corrected chi connectivity index (χ3v) is 3.09. The zero-order chi connectivity index (χ0) is 14.5. The summed E-state index contributed by atoms with van der Waals surface area (Å²) in [6.07, 6.45) is 2.19. The van der Waals surface area contributed by atoms with Gasteiger partial charge in [-0.1, -0.05) is 0 Å². The van der Waals surface area contributed by atoms with Gasteiger partial charge in [-0.25, -0.2) is 0 Å². The molecule has 2 rings (SSSR count). The summed E-state index contributed by atoms with van der Waals surface area (Å²) in [5.41, 5.74) is 6.45. The molecular weight excluding hydrogens is 262 g/mol. The van der Waals surface area contributed by atoms with Crippen LogP contribution in [0.5, 0.6) is 0 Å². The Balaban J connectivity index is 1.90. The topological polar surface area (TPSA) is 115 Å². The number of nitrogens with one attached hydrogen (secondary N) is 1. The van der Waals surface area contributed by atoms with Crippen molar-refractivity contribution >= 4 is 17.6 Å². The van der Waals surface area contributed by atoms with E-state index in [2.05, 4.69) is 10.3 Å². The molecule has 0 spiro atoms. The molecule has 1 aromatic heterocycles. The number of aromatic nitrogens is 1. The number of carbonyl (C=O) groups is 2. The highest BCUT2D eigenvalue weighted by atomic mass is 16.5. The smallest absolute Gasteiger partial charge is 0.309 e. The van der Waals surface area contributed by atoms with Gasteiger partial charge >= 0.3 is 5.97 Å². The van der Waals surface area contributed by atoms with Gasteiger partial charge in [-0.3, -0.25) is 14.6 Å². The van der Waals surface area contributed by atoms with Crippen molar-refractivity contribution in [2.24, 2.45) is 5.73 Å². The summed E-state index contributed by atoms with van der Waals surface area (Å²) in [6, 6.07) is 3.19. The predicted octanol–water partition coefficient (Wildman–Crippen LogP) is 0.153. The van der Waals surface area contributed by atoms with E-state index in [1.165, 1.54) is 6.20 Å². The van der Waals surface area contributed by atoms with Crippen molar-refractivity contribution in [3.63, 3.8) is 0 Å². The maximum absolute atomic E-state index is 11.9. The van der Waals surface area contributed by atoms with Crippen LogP contribution in [0.1, 0.15) is 18.5 Å². The molecule has 7 nitrogen and oxygen atoms in total. The number of ether oxygens (including phenoxy) is 1. The summed E-state index contributed by atoms with van der Waals surface area (Å²) in [5.74, 6) is -1.17. The lowest BCUT2D eigenvalue weighted by Gasteiger charge is -2.12. The number of carboxylic acids is 1.